The highest BCUT2D eigenvalue weighted by Crippen LogP contribution is 2.23. The molecule has 1 heterocycles. The van der Waals surface area contributed by atoms with Crippen LogP contribution in [0.4, 0.5) is 0 Å². The molecule has 0 aliphatic heterocycles. The van der Waals surface area contributed by atoms with Crippen molar-refractivity contribution in [2.24, 2.45) is 0 Å². The molecule has 1 aromatic heterocycles. The Balaban J connectivity index is 2.06. The van der Waals surface area contributed by atoms with Crippen LogP contribution in [0.15, 0.2) is 36.5 Å². The molecule has 0 N–H and O–H groups in total. The predicted molar refractivity (Wildman–Crippen MR) is 74.4 cm³/mol. The number of ether oxygens (including phenoxy) is 1. The third-order valence-electron chi connectivity index (χ3n) is 2.56. The van der Waals surface area contributed by atoms with Crippen molar-refractivity contribution in [3.63, 3.8) is 0 Å². The summed E-state index contributed by atoms with van der Waals surface area (Å²) in [7, 11) is 0. The van der Waals surface area contributed by atoms with Crippen LogP contribution in [-0.2, 0) is 13.0 Å². The summed E-state index contributed by atoms with van der Waals surface area (Å²) in [5.41, 5.74) is 1.88. The molecule has 0 amide bonds. The number of rotatable bonds is 4. The normalized spacial score (nSPS) is 10.4. The molecule has 0 radical (unpaired) electrons. The molecule has 0 atom stereocenters. The maximum Gasteiger partial charge on any atom is 0.130 e. The first kappa shape index (κ1) is 13.2. The Morgan fingerprint density at radius 3 is 2.72 bits per heavy atom. The van der Waals surface area contributed by atoms with Gasteiger partial charge in [-0.15, -0.1) is 0 Å². The van der Waals surface area contributed by atoms with Gasteiger partial charge >= 0.3 is 0 Å². The maximum absolute atomic E-state index is 6.05. The second-order valence-electron chi connectivity index (χ2n) is 3.86. The van der Waals surface area contributed by atoms with Crippen LogP contribution in [0.2, 0.25) is 10.0 Å². The second kappa shape index (κ2) is 6.07. The minimum atomic E-state index is 0.394. The van der Waals surface area contributed by atoms with Gasteiger partial charge in [0.2, 0.25) is 0 Å². The van der Waals surface area contributed by atoms with Crippen LogP contribution in [0, 0.1) is 0 Å². The SMILES string of the molecule is CCc1cc(OCc2cc(Cl)ccn2)ccc1Cl. The average molecular weight is 282 g/mol. The molecule has 2 nitrogen and oxygen atoms in total. The fourth-order valence-electron chi connectivity index (χ4n) is 1.60. The lowest BCUT2D eigenvalue weighted by Gasteiger charge is -2.08. The van der Waals surface area contributed by atoms with Crippen LogP contribution in [0.3, 0.4) is 0 Å². The molecule has 1 aromatic carbocycles. The van der Waals surface area contributed by atoms with E-state index in [1.54, 1.807) is 18.3 Å². The smallest absolute Gasteiger partial charge is 0.130 e. The lowest BCUT2D eigenvalue weighted by Crippen LogP contribution is -1.98. The number of benzene rings is 1. The van der Waals surface area contributed by atoms with E-state index in [2.05, 4.69) is 11.9 Å². The van der Waals surface area contributed by atoms with Crippen molar-refractivity contribution in [3.05, 3.63) is 57.8 Å². The van der Waals surface area contributed by atoms with Crippen molar-refractivity contribution in [2.75, 3.05) is 0 Å². The average Bonchev–Trinajstić information content (AvgIpc) is 2.38. The van der Waals surface area contributed by atoms with E-state index in [0.29, 0.717) is 11.6 Å². The van der Waals surface area contributed by atoms with Crippen molar-refractivity contribution in [1.82, 2.24) is 4.98 Å². The highest BCUT2D eigenvalue weighted by molar-refractivity contribution is 6.31. The molecule has 0 saturated carbocycles. The van der Waals surface area contributed by atoms with E-state index in [1.165, 1.54) is 0 Å². The van der Waals surface area contributed by atoms with E-state index in [1.807, 2.05) is 18.2 Å². The Kier molecular flexibility index (Phi) is 4.45. The zero-order chi connectivity index (χ0) is 13.0. The minimum Gasteiger partial charge on any atom is -0.487 e. The summed E-state index contributed by atoms with van der Waals surface area (Å²) >= 11 is 11.9. The Bertz CT molecular complexity index is 543. The number of halogens is 2. The number of hydrogen-bond donors (Lipinski definition) is 0. The zero-order valence-electron chi connectivity index (χ0n) is 9.99. The Hall–Kier alpha value is -1.25. The molecule has 4 heteroatoms. The zero-order valence-corrected chi connectivity index (χ0v) is 11.5. The summed E-state index contributed by atoms with van der Waals surface area (Å²) in [4.78, 5) is 4.18. The first-order valence-electron chi connectivity index (χ1n) is 5.70. The predicted octanol–water partition coefficient (Wildman–Crippen LogP) is 4.53. The Labute approximate surface area is 117 Å². The van der Waals surface area contributed by atoms with E-state index in [0.717, 1.165) is 28.5 Å². The molecule has 0 aliphatic rings. The molecule has 0 bridgehead atoms. The van der Waals surface area contributed by atoms with E-state index >= 15 is 0 Å². The molecule has 94 valence electrons. The van der Waals surface area contributed by atoms with E-state index in [9.17, 15) is 0 Å². The van der Waals surface area contributed by atoms with Crippen LogP contribution in [-0.4, -0.2) is 4.98 Å². The number of pyridine rings is 1. The van der Waals surface area contributed by atoms with Crippen molar-refractivity contribution in [2.45, 2.75) is 20.0 Å². The van der Waals surface area contributed by atoms with Gasteiger partial charge in [0.05, 0.1) is 5.69 Å². The van der Waals surface area contributed by atoms with Crippen LogP contribution in [0.25, 0.3) is 0 Å². The van der Waals surface area contributed by atoms with Crippen LogP contribution >= 0.6 is 23.2 Å². The summed E-state index contributed by atoms with van der Waals surface area (Å²) in [5.74, 6) is 0.790. The Morgan fingerprint density at radius 2 is 2.00 bits per heavy atom. The topological polar surface area (TPSA) is 22.1 Å². The minimum absolute atomic E-state index is 0.394. The van der Waals surface area contributed by atoms with Crippen molar-refractivity contribution < 1.29 is 4.74 Å². The molecule has 0 aliphatic carbocycles. The van der Waals surface area contributed by atoms with Gasteiger partial charge in [0.1, 0.15) is 12.4 Å². The summed E-state index contributed by atoms with van der Waals surface area (Å²) in [6.07, 6.45) is 2.55. The highest BCUT2D eigenvalue weighted by atomic mass is 35.5. The van der Waals surface area contributed by atoms with Crippen LogP contribution in [0.5, 0.6) is 5.75 Å². The van der Waals surface area contributed by atoms with Gasteiger partial charge in [0, 0.05) is 16.2 Å². The fourth-order valence-corrected chi connectivity index (χ4v) is 2.03. The quantitative estimate of drug-likeness (QED) is 0.822. The first-order valence-corrected chi connectivity index (χ1v) is 6.46. The standard InChI is InChI=1S/C14H13Cl2NO/c1-2-10-7-13(3-4-14(10)16)18-9-12-8-11(15)5-6-17-12/h3-8H,2,9H2,1H3. The van der Waals surface area contributed by atoms with Gasteiger partial charge < -0.3 is 4.74 Å². The number of hydrogen-bond acceptors (Lipinski definition) is 2. The van der Waals surface area contributed by atoms with Crippen molar-refractivity contribution in [3.8, 4) is 5.75 Å². The van der Waals surface area contributed by atoms with Gasteiger partial charge in [0.15, 0.2) is 0 Å². The molecule has 2 rings (SSSR count). The highest BCUT2D eigenvalue weighted by Gasteiger charge is 2.02. The third kappa shape index (κ3) is 3.37. The molecule has 0 spiro atoms. The molecule has 0 unspecified atom stereocenters. The third-order valence-corrected chi connectivity index (χ3v) is 3.17. The number of aromatic nitrogens is 1. The summed E-state index contributed by atoms with van der Waals surface area (Å²) < 4.78 is 5.66. The maximum atomic E-state index is 6.05. The monoisotopic (exact) mass is 281 g/mol. The molecule has 0 fully saturated rings. The molecule has 18 heavy (non-hydrogen) atoms. The number of nitrogens with zero attached hydrogens (tertiary/aromatic N) is 1. The van der Waals surface area contributed by atoms with Crippen LogP contribution < -0.4 is 4.74 Å². The van der Waals surface area contributed by atoms with Crippen molar-refractivity contribution >= 4 is 23.2 Å². The van der Waals surface area contributed by atoms with Gasteiger partial charge in [-0.3, -0.25) is 4.98 Å². The lowest BCUT2D eigenvalue weighted by molar-refractivity contribution is 0.301. The van der Waals surface area contributed by atoms with Gasteiger partial charge in [-0.1, -0.05) is 30.1 Å². The molecule has 0 saturated heterocycles. The summed E-state index contributed by atoms with van der Waals surface area (Å²) in [6.45, 7) is 2.45. The van der Waals surface area contributed by atoms with Gasteiger partial charge in [0.25, 0.3) is 0 Å². The first-order chi connectivity index (χ1) is 8.69. The molecular weight excluding hydrogens is 269 g/mol. The van der Waals surface area contributed by atoms with Crippen LogP contribution in [0.1, 0.15) is 18.2 Å². The van der Waals surface area contributed by atoms with E-state index in [4.69, 9.17) is 27.9 Å². The second-order valence-corrected chi connectivity index (χ2v) is 4.70. The van der Waals surface area contributed by atoms with Gasteiger partial charge in [-0.25, -0.2) is 0 Å². The van der Waals surface area contributed by atoms with E-state index in [-0.39, 0.29) is 0 Å². The van der Waals surface area contributed by atoms with Crippen molar-refractivity contribution in [1.29, 1.82) is 0 Å². The lowest BCUT2D eigenvalue weighted by atomic mass is 10.1. The van der Waals surface area contributed by atoms with Gasteiger partial charge in [-0.05, 0) is 42.3 Å². The summed E-state index contributed by atoms with van der Waals surface area (Å²) in [5, 5.41) is 1.43. The summed E-state index contributed by atoms with van der Waals surface area (Å²) in [6, 6.07) is 9.18. The molecule has 2 aromatic rings. The van der Waals surface area contributed by atoms with E-state index < -0.39 is 0 Å². The molecular formula is C14H13Cl2NO. The van der Waals surface area contributed by atoms with Gasteiger partial charge in [-0.2, -0.15) is 0 Å². The largest absolute Gasteiger partial charge is 0.487 e. The number of aryl methyl sites for hydroxylation is 1. The fraction of sp³-hybridized carbons (Fsp3) is 0.214. The Morgan fingerprint density at radius 1 is 1.17 bits per heavy atom.